The number of nitrogens with one attached hydrogen (secondary N) is 1. The van der Waals surface area contributed by atoms with E-state index >= 15 is 0 Å². The van der Waals surface area contributed by atoms with Gasteiger partial charge in [0.15, 0.2) is 0 Å². The summed E-state index contributed by atoms with van der Waals surface area (Å²) in [6, 6.07) is 2.28. The third-order valence-electron chi connectivity index (χ3n) is 2.29. The Hall–Kier alpha value is -0.870. The molecule has 0 atom stereocenters. The topological polar surface area (TPSA) is 41.0 Å². The van der Waals surface area contributed by atoms with Gasteiger partial charge in [-0.05, 0) is 20.9 Å². The van der Waals surface area contributed by atoms with Crippen LogP contribution in [0.1, 0.15) is 13.8 Å². The molecule has 0 saturated heterocycles. The number of hydrogen-bond acceptors (Lipinski definition) is 4. The average Bonchev–Trinajstić information content (AvgIpc) is 2.17. The highest BCUT2D eigenvalue weighted by Gasteiger charge is 2.02. The van der Waals surface area contributed by atoms with E-state index in [1.54, 1.807) is 6.07 Å². The summed E-state index contributed by atoms with van der Waals surface area (Å²) in [6.07, 6.45) is 1.46. The number of likely N-dealkylation sites (N-methyl/N-ethyl adjacent to an activating group) is 1. The number of rotatable bonds is 5. The van der Waals surface area contributed by atoms with Crippen LogP contribution in [0.25, 0.3) is 0 Å². The van der Waals surface area contributed by atoms with E-state index in [1.807, 2.05) is 0 Å². The number of halogens is 1. The largest absolute Gasteiger partial charge is 0.369 e. The quantitative estimate of drug-likeness (QED) is 0.782. The van der Waals surface area contributed by atoms with Crippen molar-refractivity contribution in [3.05, 3.63) is 17.5 Å². The lowest BCUT2D eigenvalue weighted by atomic mass is 10.3. The van der Waals surface area contributed by atoms with E-state index in [9.17, 15) is 0 Å². The van der Waals surface area contributed by atoms with Crippen LogP contribution in [0.3, 0.4) is 0 Å². The molecule has 0 aliphatic rings. The standard InChI is InChI=1S/C10H17ClN4/c1-8(2)15(3)5-4-12-10-6-9(11)13-7-14-10/h6-8H,4-5H2,1-3H3,(H,12,13,14). The lowest BCUT2D eigenvalue weighted by Gasteiger charge is -2.20. The summed E-state index contributed by atoms with van der Waals surface area (Å²) in [6.45, 7) is 6.16. The lowest BCUT2D eigenvalue weighted by molar-refractivity contribution is 0.284. The van der Waals surface area contributed by atoms with Crippen LogP contribution in [0.4, 0.5) is 5.82 Å². The maximum atomic E-state index is 5.74. The molecule has 0 spiro atoms. The van der Waals surface area contributed by atoms with E-state index in [2.05, 4.69) is 41.1 Å². The summed E-state index contributed by atoms with van der Waals surface area (Å²) in [7, 11) is 2.10. The molecule has 0 radical (unpaired) electrons. The number of anilines is 1. The van der Waals surface area contributed by atoms with Crippen LogP contribution in [0.2, 0.25) is 5.15 Å². The predicted molar refractivity (Wildman–Crippen MR) is 63.3 cm³/mol. The zero-order chi connectivity index (χ0) is 11.3. The summed E-state index contributed by atoms with van der Waals surface area (Å²) < 4.78 is 0. The summed E-state index contributed by atoms with van der Waals surface area (Å²) >= 11 is 5.74. The fourth-order valence-corrected chi connectivity index (χ4v) is 1.20. The molecule has 84 valence electrons. The van der Waals surface area contributed by atoms with Crippen molar-refractivity contribution in [1.82, 2.24) is 14.9 Å². The van der Waals surface area contributed by atoms with Gasteiger partial charge in [0.1, 0.15) is 17.3 Å². The van der Waals surface area contributed by atoms with Crippen molar-refractivity contribution >= 4 is 17.4 Å². The molecular formula is C10H17ClN4. The molecule has 5 heteroatoms. The van der Waals surface area contributed by atoms with Crippen LogP contribution in [0.5, 0.6) is 0 Å². The highest BCUT2D eigenvalue weighted by molar-refractivity contribution is 6.29. The van der Waals surface area contributed by atoms with Crippen LogP contribution in [-0.4, -0.2) is 41.0 Å². The molecule has 0 saturated carbocycles. The van der Waals surface area contributed by atoms with Crippen molar-refractivity contribution in [3.8, 4) is 0 Å². The van der Waals surface area contributed by atoms with Gasteiger partial charge in [-0.25, -0.2) is 9.97 Å². The lowest BCUT2D eigenvalue weighted by Crippen LogP contribution is -2.31. The maximum absolute atomic E-state index is 5.74. The van der Waals surface area contributed by atoms with Gasteiger partial charge in [-0.3, -0.25) is 0 Å². The van der Waals surface area contributed by atoms with E-state index in [-0.39, 0.29) is 0 Å². The SMILES string of the molecule is CC(C)N(C)CCNc1cc(Cl)ncn1. The Morgan fingerprint density at radius 2 is 2.20 bits per heavy atom. The van der Waals surface area contributed by atoms with Gasteiger partial charge in [-0.15, -0.1) is 0 Å². The predicted octanol–water partition coefficient (Wildman–Crippen LogP) is 1.88. The molecule has 1 aromatic heterocycles. The molecular weight excluding hydrogens is 212 g/mol. The Morgan fingerprint density at radius 3 is 2.80 bits per heavy atom. The monoisotopic (exact) mass is 228 g/mol. The smallest absolute Gasteiger partial charge is 0.134 e. The fourth-order valence-electron chi connectivity index (χ4n) is 1.05. The number of nitrogens with zero attached hydrogens (tertiary/aromatic N) is 3. The van der Waals surface area contributed by atoms with Crippen molar-refractivity contribution in [2.75, 3.05) is 25.5 Å². The molecule has 0 aliphatic carbocycles. The first-order valence-electron chi connectivity index (χ1n) is 5.01. The van der Waals surface area contributed by atoms with E-state index in [1.165, 1.54) is 6.33 Å². The molecule has 1 heterocycles. The second-order valence-corrected chi connectivity index (χ2v) is 4.11. The third-order valence-corrected chi connectivity index (χ3v) is 2.49. The second kappa shape index (κ2) is 5.88. The van der Waals surface area contributed by atoms with Crippen LogP contribution in [0.15, 0.2) is 12.4 Å². The third kappa shape index (κ3) is 4.44. The highest BCUT2D eigenvalue weighted by atomic mass is 35.5. The Bertz CT molecular complexity index is 303. The first kappa shape index (κ1) is 12.2. The van der Waals surface area contributed by atoms with Crippen LogP contribution >= 0.6 is 11.6 Å². The normalized spacial score (nSPS) is 11.1. The van der Waals surface area contributed by atoms with Crippen LogP contribution in [-0.2, 0) is 0 Å². The van der Waals surface area contributed by atoms with E-state index in [0.717, 1.165) is 18.9 Å². The van der Waals surface area contributed by atoms with Crippen molar-refractivity contribution in [2.24, 2.45) is 0 Å². The fraction of sp³-hybridized carbons (Fsp3) is 0.600. The Morgan fingerprint density at radius 1 is 1.47 bits per heavy atom. The van der Waals surface area contributed by atoms with Crippen LogP contribution in [0, 0.1) is 0 Å². The van der Waals surface area contributed by atoms with E-state index in [4.69, 9.17) is 11.6 Å². The minimum atomic E-state index is 0.463. The van der Waals surface area contributed by atoms with E-state index in [0.29, 0.717) is 11.2 Å². The second-order valence-electron chi connectivity index (χ2n) is 3.73. The van der Waals surface area contributed by atoms with Gasteiger partial charge in [0.2, 0.25) is 0 Å². The molecule has 1 aromatic rings. The molecule has 1 N–H and O–H groups in total. The first-order valence-corrected chi connectivity index (χ1v) is 5.39. The minimum absolute atomic E-state index is 0.463. The van der Waals surface area contributed by atoms with E-state index < -0.39 is 0 Å². The maximum Gasteiger partial charge on any atom is 0.134 e. The Kier molecular flexibility index (Phi) is 4.78. The summed E-state index contributed by atoms with van der Waals surface area (Å²) in [5.41, 5.74) is 0. The molecule has 15 heavy (non-hydrogen) atoms. The van der Waals surface area contributed by atoms with Gasteiger partial charge in [-0.1, -0.05) is 11.6 Å². The van der Waals surface area contributed by atoms with Gasteiger partial charge < -0.3 is 10.2 Å². The zero-order valence-corrected chi connectivity index (χ0v) is 10.1. The van der Waals surface area contributed by atoms with Gasteiger partial charge >= 0.3 is 0 Å². The molecule has 0 aromatic carbocycles. The molecule has 0 fully saturated rings. The minimum Gasteiger partial charge on any atom is -0.369 e. The molecule has 1 rings (SSSR count). The summed E-state index contributed by atoms with van der Waals surface area (Å²) in [4.78, 5) is 10.1. The van der Waals surface area contributed by atoms with Gasteiger partial charge in [-0.2, -0.15) is 0 Å². The summed E-state index contributed by atoms with van der Waals surface area (Å²) in [5, 5.41) is 3.66. The van der Waals surface area contributed by atoms with Gasteiger partial charge in [0.05, 0.1) is 0 Å². The van der Waals surface area contributed by atoms with Gasteiger partial charge in [0, 0.05) is 25.2 Å². The number of hydrogen-bond donors (Lipinski definition) is 1. The Balaban J connectivity index is 2.32. The molecule has 0 aliphatic heterocycles. The van der Waals surface area contributed by atoms with Crippen molar-refractivity contribution in [1.29, 1.82) is 0 Å². The molecule has 0 unspecified atom stereocenters. The molecule has 0 bridgehead atoms. The van der Waals surface area contributed by atoms with Crippen molar-refractivity contribution in [3.63, 3.8) is 0 Å². The van der Waals surface area contributed by atoms with Gasteiger partial charge in [0.25, 0.3) is 0 Å². The first-order chi connectivity index (χ1) is 7.09. The highest BCUT2D eigenvalue weighted by Crippen LogP contribution is 2.07. The average molecular weight is 229 g/mol. The Labute approximate surface area is 95.7 Å². The number of aromatic nitrogens is 2. The van der Waals surface area contributed by atoms with Crippen molar-refractivity contribution < 1.29 is 0 Å². The van der Waals surface area contributed by atoms with Crippen molar-refractivity contribution in [2.45, 2.75) is 19.9 Å². The molecule has 4 nitrogen and oxygen atoms in total. The summed E-state index contributed by atoms with van der Waals surface area (Å²) in [5.74, 6) is 0.771. The zero-order valence-electron chi connectivity index (χ0n) is 9.37. The van der Waals surface area contributed by atoms with Crippen LogP contribution < -0.4 is 5.32 Å². The molecule has 0 amide bonds.